The molecule has 0 unspecified atom stereocenters. The number of aromatic nitrogens is 2. The molecule has 6 rings (SSSR count). The Bertz CT molecular complexity index is 1630. The number of carboxylic acid groups (broad SMARTS) is 1. The highest BCUT2D eigenvalue weighted by atomic mass is 16.5. The van der Waals surface area contributed by atoms with E-state index < -0.39 is 11.4 Å². The molecule has 38 heavy (non-hydrogen) atoms. The zero-order valence-electron chi connectivity index (χ0n) is 21.4. The van der Waals surface area contributed by atoms with Gasteiger partial charge in [0.2, 0.25) is 0 Å². The van der Waals surface area contributed by atoms with E-state index in [0.29, 0.717) is 19.3 Å². The van der Waals surface area contributed by atoms with Gasteiger partial charge < -0.3 is 9.63 Å². The minimum absolute atomic E-state index is 0.624. The van der Waals surface area contributed by atoms with Gasteiger partial charge in [-0.2, -0.15) is 0 Å². The molecule has 0 aliphatic heterocycles. The summed E-state index contributed by atoms with van der Waals surface area (Å²) in [7, 11) is 0. The summed E-state index contributed by atoms with van der Waals surface area (Å²) in [6.07, 6.45) is 2.04. The van der Waals surface area contributed by atoms with Gasteiger partial charge in [-0.15, -0.1) is 0 Å². The van der Waals surface area contributed by atoms with Crippen LogP contribution >= 0.6 is 0 Å². The Labute approximate surface area is 221 Å². The molecule has 1 aliphatic carbocycles. The second-order valence-electron chi connectivity index (χ2n) is 10.2. The lowest BCUT2D eigenvalue weighted by Crippen LogP contribution is -2.19. The molecular formula is C33H28N2O3. The maximum atomic E-state index is 11.6. The van der Waals surface area contributed by atoms with Crippen LogP contribution in [0.4, 0.5) is 0 Å². The van der Waals surface area contributed by atoms with Crippen LogP contribution in [0.5, 0.6) is 0 Å². The number of benzene rings is 3. The van der Waals surface area contributed by atoms with Gasteiger partial charge >= 0.3 is 5.97 Å². The molecule has 0 atom stereocenters. The fraction of sp³-hybridized carbons (Fsp3) is 0.182. The van der Waals surface area contributed by atoms with Gasteiger partial charge in [0.15, 0.2) is 5.76 Å². The van der Waals surface area contributed by atoms with Crippen LogP contribution in [0.1, 0.15) is 40.9 Å². The molecule has 0 radical (unpaired) electrons. The van der Waals surface area contributed by atoms with E-state index in [1.54, 1.807) is 0 Å². The van der Waals surface area contributed by atoms with E-state index in [4.69, 9.17) is 9.51 Å². The topological polar surface area (TPSA) is 76.2 Å². The molecule has 0 amide bonds. The van der Waals surface area contributed by atoms with Gasteiger partial charge in [-0.3, -0.25) is 9.78 Å². The van der Waals surface area contributed by atoms with Crippen LogP contribution in [0.15, 0.2) is 95.5 Å². The van der Waals surface area contributed by atoms with Crippen molar-refractivity contribution in [3.63, 3.8) is 0 Å². The molecule has 1 aliphatic rings. The quantitative estimate of drug-likeness (QED) is 0.252. The van der Waals surface area contributed by atoms with Gasteiger partial charge in [-0.1, -0.05) is 83.5 Å². The first-order valence-corrected chi connectivity index (χ1v) is 12.9. The number of hydrogen-bond donors (Lipinski definition) is 1. The van der Waals surface area contributed by atoms with Crippen LogP contribution in [-0.2, 0) is 16.6 Å². The van der Waals surface area contributed by atoms with Crippen molar-refractivity contribution in [2.24, 2.45) is 0 Å². The smallest absolute Gasteiger partial charge is 0.314 e. The molecule has 1 fully saturated rings. The molecule has 0 saturated heterocycles. The number of aryl methyl sites for hydroxylation is 2. The van der Waals surface area contributed by atoms with Crippen molar-refractivity contribution in [1.29, 1.82) is 0 Å². The minimum Gasteiger partial charge on any atom is -0.481 e. The van der Waals surface area contributed by atoms with Crippen molar-refractivity contribution >= 4 is 5.97 Å². The molecule has 1 N–H and O–H groups in total. The van der Waals surface area contributed by atoms with Crippen molar-refractivity contribution in [2.75, 3.05) is 0 Å². The monoisotopic (exact) mass is 500 g/mol. The van der Waals surface area contributed by atoms with E-state index >= 15 is 0 Å². The fourth-order valence-corrected chi connectivity index (χ4v) is 5.09. The Morgan fingerprint density at radius 2 is 1.50 bits per heavy atom. The molecule has 3 aromatic carbocycles. The van der Waals surface area contributed by atoms with Crippen molar-refractivity contribution in [3.05, 3.63) is 119 Å². The van der Waals surface area contributed by atoms with Crippen molar-refractivity contribution in [1.82, 2.24) is 10.1 Å². The Balaban J connectivity index is 1.24. The largest absolute Gasteiger partial charge is 0.481 e. The zero-order valence-corrected chi connectivity index (χ0v) is 21.4. The second kappa shape index (κ2) is 9.42. The van der Waals surface area contributed by atoms with E-state index in [0.717, 1.165) is 56.2 Å². The van der Waals surface area contributed by atoms with Crippen LogP contribution in [-0.4, -0.2) is 21.2 Å². The summed E-state index contributed by atoms with van der Waals surface area (Å²) in [6.45, 7) is 4.05. The third-order valence-electron chi connectivity index (χ3n) is 7.54. The van der Waals surface area contributed by atoms with Crippen LogP contribution in [0.2, 0.25) is 0 Å². The van der Waals surface area contributed by atoms with Gasteiger partial charge in [-0.05, 0) is 61.6 Å². The van der Waals surface area contributed by atoms with Gasteiger partial charge in [0, 0.05) is 28.8 Å². The molecule has 5 nitrogen and oxygen atoms in total. The van der Waals surface area contributed by atoms with Crippen LogP contribution < -0.4 is 0 Å². The highest BCUT2D eigenvalue weighted by molar-refractivity contribution is 5.85. The van der Waals surface area contributed by atoms with Crippen molar-refractivity contribution in [2.45, 2.75) is 38.5 Å². The summed E-state index contributed by atoms with van der Waals surface area (Å²) < 4.78 is 5.78. The summed E-state index contributed by atoms with van der Waals surface area (Å²) in [5, 5.41) is 13.8. The molecule has 5 heteroatoms. The molecule has 188 valence electrons. The first-order valence-electron chi connectivity index (χ1n) is 12.9. The van der Waals surface area contributed by atoms with Crippen molar-refractivity contribution in [3.8, 4) is 33.7 Å². The number of carbonyl (C=O) groups is 1. The summed E-state index contributed by atoms with van der Waals surface area (Å²) in [4.78, 5) is 16.6. The highest BCUT2D eigenvalue weighted by Gasteiger charge is 2.51. The van der Waals surface area contributed by atoms with Gasteiger partial charge in [-0.25, -0.2) is 0 Å². The lowest BCUT2D eigenvalue weighted by molar-refractivity contribution is -0.140. The number of nitrogens with zero attached hydrogens (tertiary/aromatic N) is 2. The predicted molar refractivity (Wildman–Crippen MR) is 148 cm³/mol. The average molecular weight is 501 g/mol. The number of aliphatic carboxylic acids is 1. The van der Waals surface area contributed by atoms with E-state index in [1.165, 1.54) is 5.56 Å². The molecule has 0 spiro atoms. The second-order valence-corrected chi connectivity index (χ2v) is 10.2. The SMILES string of the molecule is Cc1cccc(-c2cccc(Cc3c(C)noc3-c3ccc(-c4ccc(C5(C(=O)O)CC5)cc4)cc3)n2)c1. The van der Waals surface area contributed by atoms with Gasteiger partial charge in [0.1, 0.15) is 0 Å². The lowest BCUT2D eigenvalue weighted by Gasteiger charge is -2.11. The summed E-state index contributed by atoms with van der Waals surface area (Å²) in [5.41, 5.74) is 9.37. The Hall–Kier alpha value is -4.51. The predicted octanol–water partition coefficient (Wildman–Crippen LogP) is 7.39. The summed E-state index contributed by atoms with van der Waals surface area (Å²) in [5.74, 6) is 0.0223. The lowest BCUT2D eigenvalue weighted by atomic mass is 9.93. The van der Waals surface area contributed by atoms with E-state index in [-0.39, 0.29) is 0 Å². The van der Waals surface area contributed by atoms with Crippen LogP contribution in [0.25, 0.3) is 33.7 Å². The molecule has 0 bridgehead atoms. The fourth-order valence-electron chi connectivity index (χ4n) is 5.09. The highest BCUT2D eigenvalue weighted by Crippen LogP contribution is 2.48. The Kier molecular flexibility index (Phi) is 5.91. The number of hydrogen-bond acceptors (Lipinski definition) is 4. The van der Waals surface area contributed by atoms with Gasteiger partial charge in [0.05, 0.1) is 16.8 Å². The molecule has 5 aromatic rings. The third-order valence-corrected chi connectivity index (χ3v) is 7.54. The molecule has 1 saturated carbocycles. The van der Waals surface area contributed by atoms with Crippen LogP contribution in [0.3, 0.4) is 0 Å². The maximum absolute atomic E-state index is 11.6. The minimum atomic E-state index is -0.732. The summed E-state index contributed by atoms with van der Waals surface area (Å²) >= 11 is 0. The maximum Gasteiger partial charge on any atom is 0.314 e. The molecular weight excluding hydrogens is 472 g/mol. The standard InChI is InChI=1S/C33H28N2O3/c1-21-5-3-6-26(19-21)30-8-4-7-28(34-30)20-29-22(2)35-38-31(29)25-11-9-23(10-12-25)24-13-15-27(16-14-24)33(17-18-33)32(36)37/h3-16,19H,17-18,20H2,1-2H3,(H,36,37). The third kappa shape index (κ3) is 4.41. The molecule has 2 aromatic heterocycles. The summed E-state index contributed by atoms with van der Waals surface area (Å²) in [6, 6.07) is 30.6. The van der Waals surface area contributed by atoms with E-state index in [1.807, 2.05) is 61.5 Å². The average Bonchev–Trinajstić information content (AvgIpc) is 3.68. The molecule has 2 heterocycles. The van der Waals surface area contributed by atoms with E-state index in [9.17, 15) is 9.90 Å². The van der Waals surface area contributed by atoms with Gasteiger partial charge in [0.25, 0.3) is 0 Å². The first-order chi connectivity index (χ1) is 18.4. The first kappa shape index (κ1) is 23.9. The normalized spacial score (nSPS) is 13.8. The zero-order chi connectivity index (χ0) is 26.3. The van der Waals surface area contributed by atoms with Crippen molar-refractivity contribution < 1.29 is 14.4 Å². The Morgan fingerprint density at radius 3 is 2.16 bits per heavy atom. The Morgan fingerprint density at radius 1 is 0.842 bits per heavy atom. The number of carboxylic acids is 1. The van der Waals surface area contributed by atoms with Crippen LogP contribution in [0, 0.1) is 13.8 Å². The number of pyridine rings is 1. The van der Waals surface area contributed by atoms with E-state index in [2.05, 4.69) is 48.5 Å². The number of rotatable bonds is 7.